The molecule has 72 valence electrons. The number of benzene rings is 1. The SMILES string of the molecule is NC1=NN=C(N)C1Cc1ccccc1. The quantitative estimate of drug-likeness (QED) is 0.708. The zero-order chi connectivity index (χ0) is 9.97. The summed E-state index contributed by atoms with van der Waals surface area (Å²) in [6, 6.07) is 10.0. The molecule has 1 aliphatic heterocycles. The van der Waals surface area contributed by atoms with E-state index in [0.717, 1.165) is 6.42 Å². The lowest BCUT2D eigenvalue weighted by atomic mass is 9.98. The Labute approximate surface area is 82.3 Å². The van der Waals surface area contributed by atoms with Crippen LogP contribution in [0.25, 0.3) is 0 Å². The van der Waals surface area contributed by atoms with Gasteiger partial charge < -0.3 is 11.5 Å². The number of hydrogen-bond acceptors (Lipinski definition) is 4. The average Bonchev–Trinajstić information content (AvgIpc) is 2.51. The molecule has 0 atom stereocenters. The van der Waals surface area contributed by atoms with Crippen molar-refractivity contribution in [3.05, 3.63) is 35.9 Å². The molecule has 1 aliphatic rings. The first kappa shape index (κ1) is 8.74. The van der Waals surface area contributed by atoms with E-state index in [1.807, 2.05) is 30.3 Å². The molecule has 1 aromatic carbocycles. The minimum atomic E-state index is -0.0302. The summed E-state index contributed by atoms with van der Waals surface area (Å²) in [5, 5.41) is 7.50. The summed E-state index contributed by atoms with van der Waals surface area (Å²) >= 11 is 0. The van der Waals surface area contributed by atoms with Crippen LogP contribution in [0.15, 0.2) is 40.5 Å². The molecule has 4 nitrogen and oxygen atoms in total. The highest BCUT2D eigenvalue weighted by molar-refractivity contribution is 6.07. The van der Waals surface area contributed by atoms with E-state index in [-0.39, 0.29) is 5.92 Å². The van der Waals surface area contributed by atoms with E-state index in [2.05, 4.69) is 10.2 Å². The smallest absolute Gasteiger partial charge is 0.133 e. The second kappa shape index (κ2) is 3.49. The predicted octanol–water partition coefficient (Wildman–Crippen LogP) is 0.488. The Balaban J connectivity index is 2.13. The number of nitrogens with two attached hydrogens (primary N) is 2. The lowest BCUT2D eigenvalue weighted by molar-refractivity contribution is 0.892. The molecule has 0 saturated heterocycles. The first-order valence-electron chi connectivity index (χ1n) is 4.47. The molecular weight excluding hydrogens is 176 g/mol. The molecule has 0 bridgehead atoms. The van der Waals surface area contributed by atoms with Gasteiger partial charge in [0.15, 0.2) is 0 Å². The van der Waals surface area contributed by atoms with Crippen molar-refractivity contribution in [2.75, 3.05) is 0 Å². The predicted molar refractivity (Wildman–Crippen MR) is 56.9 cm³/mol. The third-order valence-electron chi connectivity index (χ3n) is 2.28. The zero-order valence-corrected chi connectivity index (χ0v) is 7.72. The molecule has 0 saturated carbocycles. The first-order chi connectivity index (χ1) is 6.77. The highest BCUT2D eigenvalue weighted by Crippen LogP contribution is 2.13. The van der Waals surface area contributed by atoms with Crippen LogP contribution >= 0.6 is 0 Å². The van der Waals surface area contributed by atoms with E-state index < -0.39 is 0 Å². The molecule has 0 unspecified atom stereocenters. The van der Waals surface area contributed by atoms with E-state index in [9.17, 15) is 0 Å². The normalized spacial score (nSPS) is 16.6. The average molecular weight is 188 g/mol. The van der Waals surface area contributed by atoms with Gasteiger partial charge in [0, 0.05) is 0 Å². The van der Waals surface area contributed by atoms with Crippen molar-refractivity contribution in [3.8, 4) is 0 Å². The molecule has 0 aliphatic carbocycles. The highest BCUT2D eigenvalue weighted by Gasteiger charge is 2.22. The van der Waals surface area contributed by atoms with Crippen molar-refractivity contribution >= 4 is 11.7 Å². The van der Waals surface area contributed by atoms with Crippen molar-refractivity contribution in [1.29, 1.82) is 0 Å². The van der Waals surface area contributed by atoms with Crippen molar-refractivity contribution in [3.63, 3.8) is 0 Å². The molecule has 14 heavy (non-hydrogen) atoms. The van der Waals surface area contributed by atoms with Crippen LogP contribution in [0.5, 0.6) is 0 Å². The first-order valence-corrected chi connectivity index (χ1v) is 4.47. The fourth-order valence-electron chi connectivity index (χ4n) is 1.47. The van der Waals surface area contributed by atoms with Crippen molar-refractivity contribution in [2.24, 2.45) is 27.6 Å². The van der Waals surface area contributed by atoms with Gasteiger partial charge >= 0.3 is 0 Å². The Kier molecular flexibility index (Phi) is 2.18. The molecular formula is C10H12N4. The van der Waals surface area contributed by atoms with Crippen molar-refractivity contribution < 1.29 is 0 Å². The molecule has 4 N–H and O–H groups in total. The lowest BCUT2D eigenvalue weighted by Gasteiger charge is -2.09. The second-order valence-electron chi connectivity index (χ2n) is 3.29. The zero-order valence-electron chi connectivity index (χ0n) is 7.72. The maximum absolute atomic E-state index is 5.67. The topological polar surface area (TPSA) is 76.8 Å². The van der Waals surface area contributed by atoms with Crippen LogP contribution in [0.3, 0.4) is 0 Å². The molecule has 1 aromatic rings. The molecule has 0 radical (unpaired) electrons. The number of rotatable bonds is 2. The number of nitrogens with zero attached hydrogens (tertiary/aromatic N) is 2. The fraction of sp³-hybridized carbons (Fsp3) is 0.200. The van der Waals surface area contributed by atoms with Crippen LogP contribution in [0.1, 0.15) is 5.56 Å². The van der Waals surface area contributed by atoms with Gasteiger partial charge in [-0.3, -0.25) is 0 Å². The van der Waals surface area contributed by atoms with Gasteiger partial charge in [-0.1, -0.05) is 30.3 Å². The van der Waals surface area contributed by atoms with Crippen molar-refractivity contribution in [1.82, 2.24) is 0 Å². The Morgan fingerprint density at radius 1 is 1.00 bits per heavy atom. The molecule has 0 fully saturated rings. The number of hydrogen-bond donors (Lipinski definition) is 2. The maximum atomic E-state index is 5.67. The van der Waals surface area contributed by atoms with Gasteiger partial charge in [0.25, 0.3) is 0 Å². The standard InChI is InChI=1S/C10H12N4/c11-9-8(10(12)14-13-9)6-7-4-2-1-3-5-7/h1-5,8H,6H2,(H2,11,13)(H2,12,14). The summed E-state index contributed by atoms with van der Waals surface area (Å²) in [6.45, 7) is 0. The molecule has 4 heteroatoms. The summed E-state index contributed by atoms with van der Waals surface area (Å²) in [5.74, 6) is 0.982. The lowest BCUT2D eigenvalue weighted by Crippen LogP contribution is -2.33. The Hall–Kier alpha value is -1.84. The van der Waals surface area contributed by atoms with E-state index >= 15 is 0 Å². The van der Waals surface area contributed by atoms with Gasteiger partial charge in [0.05, 0.1) is 5.92 Å². The Morgan fingerprint density at radius 3 is 2.14 bits per heavy atom. The summed E-state index contributed by atoms with van der Waals surface area (Å²) in [6.07, 6.45) is 0.769. The summed E-state index contributed by atoms with van der Waals surface area (Å²) in [4.78, 5) is 0. The van der Waals surface area contributed by atoms with Crippen LogP contribution in [0.4, 0.5) is 0 Å². The third kappa shape index (κ3) is 1.59. The highest BCUT2D eigenvalue weighted by atomic mass is 15.3. The van der Waals surface area contributed by atoms with Gasteiger partial charge in [0.1, 0.15) is 11.7 Å². The number of amidine groups is 2. The third-order valence-corrected chi connectivity index (χ3v) is 2.28. The van der Waals surface area contributed by atoms with Crippen LogP contribution in [-0.2, 0) is 6.42 Å². The van der Waals surface area contributed by atoms with Crippen LogP contribution < -0.4 is 11.5 Å². The monoisotopic (exact) mass is 188 g/mol. The van der Waals surface area contributed by atoms with E-state index in [4.69, 9.17) is 11.5 Å². The van der Waals surface area contributed by atoms with Crippen LogP contribution in [0, 0.1) is 5.92 Å². The van der Waals surface area contributed by atoms with Crippen LogP contribution in [0.2, 0.25) is 0 Å². The van der Waals surface area contributed by atoms with Gasteiger partial charge in [-0.15, -0.1) is 10.2 Å². The maximum Gasteiger partial charge on any atom is 0.133 e. The molecule has 0 amide bonds. The van der Waals surface area contributed by atoms with Gasteiger partial charge in [-0.2, -0.15) is 0 Å². The van der Waals surface area contributed by atoms with E-state index in [1.165, 1.54) is 5.56 Å². The van der Waals surface area contributed by atoms with E-state index in [1.54, 1.807) is 0 Å². The van der Waals surface area contributed by atoms with Gasteiger partial charge in [-0.05, 0) is 12.0 Å². The molecule has 1 heterocycles. The van der Waals surface area contributed by atoms with Gasteiger partial charge in [-0.25, -0.2) is 0 Å². The molecule has 2 rings (SSSR count). The largest absolute Gasteiger partial charge is 0.385 e. The van der Waals surface area contributed by atoms with E-state index in [0.29, 0.717) is 11.7 Å². The molecule has 0 spiro atoms. The summed E-state index contributed by atoms with van der Waals surface area (Å²) in [5.41, 5.74) is 12.5. The summed E-state index contributed by atoms with van der Waals surface area (Å²) < 4.78 is 0. The van der Waals surface area contributed by atoms with Crippen molar-refractivity contribution in [2.45, 2.75) is 6.42 Å². The molecule has 0 aromatic heterocycles. The minimum absolute atomic E-state index is 0.0302. The fourth-order valence-corrected chi connectivity index (χ4v) is 1.47. The minimum Gasteiger partial charge on any atom is -0.385 e. The van der Waals surface area contributed by atoms with Crippen LogP contribution in [-0.4, -0.2) is 11.7 Å². The Morgan fingerprint density at radius 2 is 1.57 bits per heavy atom. The second-order valence-corrected chi connectivity index (χ2v) is 3.29. The summed E-state index contributed by atoms with van der Waals surface area (Å²) in [7, 11) is 0. The Bertz CT molecular complexity index is 362. The van der Waals surface area contributed by atoms with Gasteiger partial charge in [0.2, 0.25) is 0 Å².